The highest BCUT2D eigenvalue weighted by atomic mass is 16.5. The van der Waals surface area contributed by atoms with E-state index in [4.69, 9.17) is 4.74 Å². The first-order valence-electron chi connectivity index (χ1n) is 7.21. The molecule has 3 aliphatic rings. The van der Waals surface area contributed by atoms with Gasteiger partial charge < -0.3 is 10.1 Å². The Morgan fingerprint density at radius 3 is 2.37 bits per heavy atom. The molecule has 0 bridgehead atoms. The highest BCUT2D eigenvalue weighted by Gasteiger charge is 2.72. The van der Waals surface area contributed by atoms with Gasteiger partial charge in [-0.2, -0.15) is 0 Å². The molecule has 19 heavy (non-hydrogen) atoms. The third kappa shape index (κ3) is 2.09. The van der Waals surface area contributed by atoms with Gasteiger partial charge >= 0.3 is 0 Å². The van der Waals surface area contributed by atoms with Gasteiger partial charge in [0.1, 0.15) is 0 Å². The second kappa shape index (κ2) is 4.56. The summed E-state index contributed by atoms with van der Waals surface area (Å²) in [6, 6.07) is 0. The van der Waals surface area contributed by atoms with E-state index in [2.05, 4.69) is 5.32 Å². The lowest BCUT2D eigenvalue weighted by atomic mass is 10.1. The van der Waals surface area contributed by atoms with Gasteiger partial charge in [-0.25, -0.2) is 0 Å². The van der Waals surface area contributed by atoms with Crippen LogP contribution in [0.25, 0.3) is 0 Å². The van der Waals surface area contributed by atoms with Crippen LogP contribution in [0.15, 0.2) is 0 Å². The average molecular weight is 266 g/mol. The van der Waals surface area contributed by atoms with Crippen LogP contribution < -0.4 is 5.32 Å². The van der Waals surface area contributed by atoms with Crippen molar-refractivity contribution >= 4 is 11.8 Å². The van der Waals surface area contributed by atoms with Crippen LogP contribution in [-0.4, -0.2) is 49.1 Å². The van der Waals surface area contributed by atoms with Crippen LogP contribution in [0.5, 0.6) is 0 Å². The maximum atomic E-state index is 12.1. The highest BCUT2D eigenvalue weighted by molar-refractivity contribution is 6.10. The van der Waals surface area contributed by atoms with Gasteiger partial charge in [-0.05, 0) is 31.3 Å². The van der Waals surface area contributed by atoms with Crippen molar-refractivity contribution in [2.45, 2.75) is 32.8 Å². The van der Waals surface area contributed by atoms with Crippen molar-refractivity contribution in [2.75, 3.05) is 26.2 Å². The van der Waals surface area contributed by atoms with Crippen LogP contribution in [0.2, 0.25) is 0 Å². The fraction of sp³-hybridized carbons (Fsp3) is 0.857. The molecule has 5 nitrogen and oxygen atoms in total. The van der Waals surface area contributed by atoms with E-state index in [1.807, 2.05) is 13.8 Å². The number of ether oxygens (including phenoxy) is 1. The molecular weight excluding hydrogens is 244 g/mol. The minimum absolute atomic E-state index is 0.00825. The highest BCUT2D eigenvalue weighted by Crippen LogP contribution is 2.63. The van der Waals surface area contributed by atoms with Gasteiger partial charge in [-0.3, -0.25) is 14.5 Å². The van der Waals surface area contributed by atoms with Crippen LogP contribution in [0.4, 0.5) is 0 Å². The molecule has 0 aromatic heterocycles. The van der Waals surface area contributed by atoms with Crippen LogP contribution in [0, 0.1) is 17.3 Å². The van der Waals surface area contributed by atoms with Crippen molar-refractivity contribution < 1.29 is 14.3 Å². The molecular formula is C14H22N2O3. The first-order valence-corrected chi connectivity index (χ1v) is 7.21. The van der Waals surface area contributed by atoms with E-state index in [0.717, 1.165) is 25.9 Å². The smallest absolute Gasteiger partial charge is 0.233 e. The number of carbonyl (C=O) groups excluding carboxylic acids is 2. The van der Waals surface area contributed by atoms with Gasteiger partial charge in [0, 0.05) is 0 Å². The summed E-state index contributed by atoms with van der Waals surface area (Å²) in [5.74, 6) is -0.124. The number of amides is 2. The number of carbonyl (C=O) groups is 2. The summed E-state index contributed by atoms with van der Waals surface area (Å²) in [5.41, 5.74) is -0.111. The normalized spacial score (nSPS) is 33.7. The molecule has 0 spiro atoms. The topological polar surface area (TPSA) is 58.6 Å². The Balaban J connectivity index is 1.47. The van der Waals surface area contributed by atoms with E-state index in [9.17, 15) is 9.59 Å². The zero-order valence-corrected chi connectivity index (χ0v) is 11.6. The lowest BCUT2D eigenvalue weighted by Gasteiger charge is -2.25. The minimum atomic E-state index is -0.111. The van der Waals surface area contributed by atoms with Gasteiger partial charge in [0.2, 0.25) is 11.8 Å². The van der Waals surface area contributed by atoms with Gasteiger partial charge in [-0.1, -0.05) is 13.8 Å². The summed E-state index contributed by atoms with van der Waals surface area (Å²) in [4.78, 5) is 25.6. The number of piperidine rings is 2. The fourth-order valence-electron chi connectivity index (χ4n) is 3.50. The van der Waals surface area contributed by atoms with Crippen molar-refractivity contribution in [3.05, 3.63) is 0 Å². The Kier molecular flexibility index (Phi) is 3.14. The quantitative estimate of drug-likeness (QED) is 0.748. The molecule has 106 valence electrons. The third-order valence-corrected chi connectivity index (χ3v) is 4.85. The Morgan fingerprint density at radius 1 is 1.21 bits per heavy atom. The molecule has 1 N–H and O–H groups in total. The summed E-state index contributed by atoms with van der Waals surface area (Å²) in [7, 11) is 0. The predicted molar refractivity (Wildman–Crippen MR) is 69.3 cm³/mol. The number of likely N-dealkylation sites (tertiary alicyclic amines) is 1. The molecule has 1 saturated carbocycles. The number of hydrogen-bond donors (Lipinski definition) is 1. The number of imide groups is 1. The van der Waals surface area contributed by atoms with Crippen LogP contribution in [0.1, 0.15) is 26.7 Å². The Hall–Kier alpha value is -0.940. The number of fused-ring (bicyclic) bond motifs is 1. The zero-order chi connectivity index (χ0) is 13.6. The van der Waals surface area contributed by atoms with E-state index in [1.54, 1.807) is 0 Å². The lowest BCUT2D eigenvalue weighted by molar-refractivity contribution is -0.144. The molecule has 0 radical (unpaired) electrons. The molecule has 2 unspecified atom stereocenters. The molecule has 3 fully saturated rings. The molecule has 0 aromatic carbocycles. The monoisotopic (exact) mass is 266 g/mol. The first kappa shape index (κ1) is 13.1. The van der Waals surface area contributed by atoms with Crippen molar-refractivity contribution in [1.82, 2.24) is 10.2 Å². The Labute approximate surface area is 113 Å². The van der Waals surface area contributed by atoms with Crippen molar-refractivity contribution in [1.29, 1.82) is 0 Å². The summed E-state index contributed by atoms with van der Waals surface area (Å²) < 4.78 is 5.76. The SMILES string of the molecule is CC1(C)C2C(=O)N(CCOC3CCNCC3)C(=O)C21. The van der Waals surface area contributed by atoms with Crippen molar-refractivity contribution in [2.24, 2.45) is 17.3 Å². The van der Waals surface area contributed by atoms with Crippen molar-refractivity contribution in [3.8, 4) is 0 Å². The zero-order valence-electron chi connectivity index (χ0n) is 11.6. The maximum Gasteiger partial charge on any atom is 0.233 e. The average Bonchev–Trinajstić information content (AvgIpc) is 2.86. The fourth-order valence-corrected chi connectivity index (χ4v) is 3.50. The molecule has 1 aliphatic carbocycles. The van der Waals surface area contributed by atoms with Crippen LogP contribution in [-0.2, 0) is 14.3 Å². The second-order valence-electron chi connectivity index (χ2n) is 6.42. The molecule has 0 aromatic rings. The lowest BCUT2D eigenvalue weighted by Crippen LogP contribution is -2.40. The maximum absolute atomic E-state index is 12.1. The summed E-state index contributed by atoms with van der Waals surface area (Å²) >= 11 is 0. The Bertz CT molecular complexity index is 377. The van der Waals surface area contributed by atoms with Crippen molar-refractivity contribution in [3.63, 3.8) is 0 Å². The van der Waals surface area contributed by atoms with Gasteiger partial charge in [0.15, 0.2) is 0 Å². The minimum Gasteiger partial charge on any atom is -0.376 e. The van der Waals surface area contributed by atoms with E-state index in [0.29, 0.717) is 13.2 Å². The third-order valence-electron chi connectivity index (χ3n) is 4.85. The summed E-state index contributed by atoms with van der Waals surface area (Å²) in [6.07, 6.45) is 2.31. The standard InChI is InChI=1S/C14H22N2O3/c1-14(2)10-11(14)13(18)16(12(10)17)7-8-19-9-3-5-15-6-4-9/h9-11,15H,3-8H2,1-2H3. The molecule has 5 heteroatoms. The van der Waals surface area contributed by atoms with Gasteiger partial charge in [0.25, 0.3) is 0 Å². The number of nitrogens with zero attached hydrogens (tertiary/aromatic N) is 1. The number of rotatable bonds is 4. The first-order chi connectivity index (χ1) is 9.03. The molecule has 2 aliphatic heterocycles. The molecule has 2 heterocycles. The molecule has 2 atom stereocenters. The van der Waals surface area contributed by atoms with E-state index < -0.39 is 0 Å². The van der Waals surface area contributed by atoms with Crippen LogP contribution >= 0.6 is 0 Å². The van der Waals surface area contributed by atoms with Crippen LogP contribution in [0.3, 0.4) is 0 Å². The molecule has 2 saturated heterocycles. The number of nitrogens with one attached hydrogen (secondary N) is 1. The number of hydrogen-bond acceptors (Lipinski definition) is 4. The largest absolute Gasteiger partial charge is 0.376 e. The van der Waals surface area contributed by atoms with E-state index >= 15 is 0 Å². The second-order valence-corrected chi connectivity index (χ2v) is 6.42. The Morgan fingerprint density at radius 2 is 1.79 bits per heavy atom. The van der Waals surface area contributed by atoms with E-state index in [1.165, 1.54) is 4.90 Å². The summed E-state index contributed by atoms with van der Waals surface area (Å²) in [6.45, 7) is 6.88. The molecule has 2 amide bonds. The van der Waals surface area contributed by atoms with Gasteiger partial charge in [-0.15, -0.1) is 0 Å². The predicted octanol–water partition coefficient (Wildman–Crippen LogP) is 0.396. The molecule has 3 rings (SSSR count). The summed E-state index contributed by atoms with van der Waals surface area (Å²) in [5, 5.41) is 3.28. The van der Waals surface area contributed by atoms with Gasteiger partial charge in [0.05, 0.1) is 31.1 Å². The van der Waals surface area contributed by atoms with E-state index in [-0.39, 0.29) is 35.2 Å².